The van der Waals surface area contributed by atoms with E-state index < -0.39 is 5.97 Å². The average Bonchev–Trinajstić information content (AvgIpc) is 2.75. The number of nitrogens with zero attached hydrogens (tertiary/aromatic N) is 1. The molecule has 15 heavy (non-hydrogen) atoms. The molecule has 1 aliphatic heterocycles. The number of carboxylic acid groups (broad SMARTS) is 1. The summed E-state index contributed by atoms with van der Waals surface area (Å²) in [6.07, 6.45) is 1.01. The van der Waals surface area contributed by atoms with Gasteiger partial charge in [-0.3, -0.25) is 4.90 Å². The Labute approximate surface area is 92.3 Å². The number of carbonyl (C=O) groups is 1. The molecule has 0 amide bonds. The predicted octanol–water partition coefficient (Wildman–Crippen LogP) is 0.979. The molecule has 1 aliphatic rings. The predicted molar refractivity (Wildman–Crippen MR) is 59.1 cm³/mol. The van der Waals surface area contributed by atoms with E-state index in [1.54, 1.807) is 0 Å². The van der Waals surface area contributed by atoms with Gasteiger partial charge in [-0.15, -0.1) is 11.3 Å². The lowest BCUT2D eigenvalue weighted by atomic mass is 10.2. The molecule has 0 aromatic carbocycles. The largest absolute Gasteiger partial charge is 0.477 e. The second kappa shape index (κ2) is 4.30. The molecule has 1 aromatic heterocycles. The summed E-state index contributed by atoms with van der Waals surface area (Å²) in [6.45, 7) is 2.55. The Kier molecular flexibility index (Phi) is 3.04. The van der Waals surface area contributed by atoms with Crippen molar-refractivity contribution >= 4 is 17.3 Å². The smallest absolute Gasteiger partial charge is 0.346 e. The molecular weight excluding hydrogens is 212 g/mol. The minimum Gasteiger partial charge on any atom is -0.477 e. The number of hydrogen-bond donors (Lipinski definition) is 2. The van der Waals surface area contributed by atoms with Gasteiger partial charge in [0, 0.05) is 25.7 Å². The maximum atomic E-state index is 10.9. The fraction of sp³-hybridized carbons (Fsp3) is 0.500. The van der Waals surface area contributed by atoms with Crippen LogP contribution in [0.15, 0.2) is 11.4 Å². The fourth-order valence-electron chi connectivity index (χ4n) is 1.89. The quantitative estimate of drug-likeness (QED) is 0.806. The first-order valence-electron chi connectivity index (χ1n) is 4.94. The van der Waals surface area contributed by atoms with Crippen molar-refractivity contribution in [1.82, 2.24) is 4.90 Å². The van der Waals surface area contributed by atoms with Crippen molar-refractivity contribution in [3.8, 4) is 0 Å². The highest BCUT2D eigenvalue weighted by atomic mass is 32.1. The van der Waals surface area contributed by atoms with Gasteiger partial charge in [0.25, 0.3) is 0 Å². The number of carboxylic acids is 1. The molecule has 0 bridgehead atoms. The van der Waals surface area contributed by atoms with Gasteiger partial charge in [-0.1, -0.05) is 0 Å². The third-order valence-electron chi connectivity index (χ3n) is 2.64. The lowest BCUT2D eigenvalue weighted by Gasteiger charge is -2.14. The number of thiophene rings is 1. The van der Waals surface area contributed by atoms with E-state index in [0.29, 0.717) is 11.4 Å². The van der Waals surface area contributed by atoms with Gasteiger partial charge in [0.1, 0.15) is 4.88 Å². The van der Waals surface area contributed by atoms with Crippen LogP contribution in [-0.4, -0.2) is 35.1 Å². The van der Waals surface area contributed by atoms with Crippen molar-refractivity contribution < 1.29 is 9.90 Å². The van der Waals surface area contributed by atoms with Gasteiger partial charge in [0.05, 0.1) is 0 Å². The molecule has 1 unspecified atom stereocenters. The number of hydrogen-bond acceptors (Lipinski definition) is 4. The Morgan fingerprint density at radius 3 is 3.13 bits per heavy atom. The summed E-state index contributed by atoms with van der Waals surface area (Å²) >= 11 is 1.28. The zero-order valence-corrected chi connectivity index (χ0v) is 9.17. The Bertz CT molecular complexity index is 364. The van der Waals surface area contributed by atoms with Gasteiger partial charge >= 0.3 is 5.97 Å². The van der Waals surface area contributed by atoms with E-state index in [2.05, 4.69) is 4.90 Å². The highest BCUT2D eigenvalue weighted by molar-refractivity contribution is 7.12. The van der Waals surface area contributed by atoms with Gasteiger partial charge in [0.15, 0.2) is 0 Å². The van der Waals surface area contributed by atoms with Crippen molar-refractivity contribution in [3.05, 3.63) is 21.9 Å². The minimum absolute atomic E-state index is 0.247. The summed E-state index contributed by atoms with van der Waals surface area (Å²) in [4.78, 5) is 13.5. The molecule has 2 rings (SSSR count). The molecule has 5 heteroatoms. The zero-order valence-electron chi connectivity index (χ0n) is 8.35. The van der Waals surface area contributed by atoms with Crippen molar-refractivity contribution in [2.45, 2.75) is 19.0 Å². The average molecular weight is 226 g/mol. The van der Waals surface area contributed by atoms with Gasteiger partial charge in [0.2, 0.25) is 0 Å². The van der Waals surface area contributed by atoms with E-state index in [9.17, 15) is 4.79 Å². The summed E-state index contributed by atoms with van der Waals surface area (Å²) in [7, 11) is 0. The molecular formula is C10H14N2O2S. The normalized spacial score (nSPS) is 22.1. The van der Waals surface area contributed by atoms with Gasteiger partial charge in [-0.05, 0) is 23.4 Å². The number of aromatic carboxylic acids is 1. The van der Waals surface area contributed by atoms with Crippen LogP contribution in [0.25, 0.3) is 0 Å². The lowest BCUT2D eigenvalue weighted by Crippen LogP contribution is -2.26. The van der Waals surface area contributed by atoms with E-state index in [-0.39, 0.29) is 6.04 Å². The first-order valence-corrected chi connectivity index (χ1v) is 5.82. The fourth-order valence-corrected chi connectivity index (χ4v) is 2.65. The van der Waals surface area contributed by atoms with Crippen molar-refractivity contribution in [2.24, 2.45) is 5.73 Å². The Morgan fingerprint density at radius 1 is 1.73 bits per heavy atom. The second-order valence-corrected chi connectivity index (χ2v) is 4.78. The molecule has 1 atom stereocenters. The maximum absolute atomic E-state index is 10.9. The number of rotatable bonds is 3. The zero-order chi connectivity index (χ0) is 10.8. The SMILES string of the molecule is NC1CCN(Cc2ccsc2C(=O)O)C1. The molecule has 0 aliphatic carbocycles. The summed E-state index contributed by atoms with van der Waals surface area (Å²) < 4.78 is 0. The molecule has 0 radical (unpaired) electrons. The summed E-state index contributed by atoms with van der Waals surface area (Å²) in [5.74, 6) is -0.830. The van der Waals surface area contributed by atoms with Crippen LogP contribution in [0, 0.1) is 0 Å². The van der Waals surface area contributed by atoms with Gasteiger partial charge < -0.3 is 10.8 Å². The third kappa shape index (κ3) is 2.37. The van der Waals surface area contributed by atoms with Crippen LogP contribution in [0.5, 0.6) is 0 Å². The van der Waals surface area contributed by atoms with Crippen molar-refractivity contribution in [2.75, 3.05) is 13.1 Å². The van der Waals surface area contributed by atoms with E-state index in [1.807, 2.05) is 11.4 Å². The standard InChI is InChI=1S/C10H14N2O2S/c11-8-1-3-12(6-8)5-7-2-4-15-9(7)10(13)14/h2,4,8H,1,3,5-6,11H2,(H,13,14). The highest BCUT2D eigenvalue weighted by Gasteiger charge is 2.21. The molecule has 4 nitrogen and oxygen atoms in total. The number of likely N-dealkylation sites (tertiary alicyclic amines) is 1. The first-order chi connectivity index (χ1) is 7.16. The molecule has 82 valence electrons. The van der Waals surface area contributed by atoms with E-state index >= 15 is 0 Å². The second-order valence-electron chi connectivity index (χ2n) is 3.86. The van der Waals surface area contributed by atoms with E-state index in [4.69, 9.17) is 10.8 Å². The van der Waals surface area contributed by atoms with E-state index in [0.717, 1.165) is 25.1 Å². The molecule has 1 fully saturated rings. The molecule has 0 saturated carbocycles. The van der Waals surface area contributed by atoms with Crippen molar-refractivity contribution in [1.29, 1.82) is 0 Å². The van der Waals surface area contributed by atoms with Crippen molar-refractivity contribution in [3.63, 3.8) is 0 Å². The van der Waals surface area contributed by atoms with Gasteiger partial charge in [-0.2, -0.15) is 0 Å². The van der Waals surface area contributed by atoms with Crippen LogP contribution in [0.1, 0.15) is 21.7 Å². The Hall–Kier alpha value is -0.910. The first kappa shape index (κ1) is 10.6. The van der Waals surface area contributed by atoms with Crippen LogP contribution >= 0.6 is 11.3 Å². The Balaban J connectivity index is 2.04. The molecule has 2 heterocycles. The van der Waals surface area contributed by atoms with Crippen LogP contribution in [0.3, 0.4) is 0 Å². The molecule has 1 saturated heterocycles. The summed E-state index contributed by atoms with van der Waals surface area (Å²) in [6, 6.07) is 2.13. The van der Waals surface area contributed by atoms with Crippen LogP contribution in [0.4, 0.5) is 0 Å². The Morgan fingerprint density at radius 2 is 2.53 bits per heavy atom. The lowest BCUT2D eigenvalue weighted by molar-refractivity contribution is 0.0700. The van der Waals surface area contributed by atoms with Crippen LogP contribution in [-0.2, 0) is 6.54 Å². The van der Waals surface area contributed by atoms with Crippen LogP contribution in [0.2, 0.25) is 0 Å². The monoisotopic (exact) mass is 226 g/mol. The molecule has 3 N–H and O–H groups in total. The molecule has 0 spiro atoms. The van der Waals surface area contributed by atoms with Gasteiger partial charge in [-0.25, -0.2) is 4.79 Å². The number of nitrogens with two attached hydrogens (primary N) is 1. The maximum Gasteiger partial charge on any atom is 0.346 e. The summed E-state index contributed by atoms with van der Waals surface area (Å²) in [5, 5.41) is 10.8. The minimum atomic E-state index is -0.830. The third-order valence-corrected chi connectivity index (χ3v) is 3.59. The molecule has 1 aromatic rings. The van der Waals surface area contributed by atoms with E-state index in [1.165, 1.54) is 11.3 Å². The summed E-state index contributed by atoms with van der Waals surface area (Å²) in [5.41, 5.74) is 6.70. The van der Waals surface area contributed by atoms with Crippen LogP contribution < -0.4 is 5.73 Å². The highest BCUT2D eigenvalue weighted by Crippen LogP contribution is 2.20. The topological polar surface area (TPSA) is 66.6 Å².